The fraction of sp³-hybridized carbons (Fsp3) is 0.355. The van der Waals surface area contributed by atoms with Crippen molar-refractivity contribution in [3.05, 3.63) is 83.4 Å². The highest BCUT2D eigenvalue weighted by Crippen LogP contribution is 2.28. The van der Waals surface area contributed by atoms with Gasteiger partial charge in [0.2, 0.25) is 11.8 Å². The van der Waals surface area contributed by atoms with Crippen LogP contribution in [0.1, 0.15) is 39.2 Å². The lowest BCUT2D eigenvalue weighted by molar-refractivity contribution is -0.139. The van der Waals surface area contributed by atoms with Gasteiger partial charge in [-0.3, -0.25) is 13.9 Å². The van der Waals surface area contributed by atoms with Crippen LogP contribution < -0.4 is 14.4 Å². The Bertz CT molecular complexity index is 1420. The molecule has 0 fully saturated rings. The normalized spacial score (nSPS) is 11.9. The van der Waals surface area contributed by atoms with Crippen molar-refractivity contribution >= 4 is 50.9 Å². The van der Waals surface area contributed by atoms with E-state index in [1.54, 1.807) is 67.6 Å². The van der Waals surface area contributed by atoms with Crippen molar-refractivity contribution in [3.63, 3.8) is 0 Å². The number of amides is 2. The lowest BCUT2D eigenvalue weighted by Crippen LogP contribution is -2.51. The Balaban J connectivity index is 2.00. The third kappa shape index (κ3) is 8.89. The van der Waals surface area contributed by atoms with Crippen molar-refractivity contribution in [2.24, 2.45) is 0 Å². The van der Waals surface area contributed by atoms with Gasteiger partial charge in [0, 0.05) is 23.0 Å². The van der Waals surface area contributed by atoms with Gasteiger partial charge in [0.25, 0.3) is 10.0 Å². The number of carbonyl (C=O) groups excluding carboxylic acids is 2. The highest BCUT2D eigenvalue weighted by molar-refractivity contribution is 7.98. The van der Waals surface area contributed by atoms with Gasteiger partial charge in [-0.25, -0.2) is 8.42 Å². The zero-order chi connectivity index (χ0) is 30.7. The molecule has 0 saturated heterocycles. The molecule has 0 bridgehead atoms. The SMILES string of the molecule is CCCCNC(=O)[C@H](C)N(Cc1ccc(Cl)cc1)C(=O)CN(c1ccc(OCC)cc1)S(=O)(=O)c1ccc(SC)cc1. The van der Waals surface area contributed by atoms with E-state index in [-0.39, 0.29) is 17.3 Å². The number of thioether (sulfide) groups is 1. The number of unbranched alkanes of at least 4 members (excludes halogenated alkanes) is 1. The van der Waals surface area contributed by atoms with Crippen molar-refractivity contribution in [2.75, 3.05) is 30.3 Å². The van der Waals surface area contributed by atoms with E-state index in [4.69, 9.17) is 16.3 Å². The van der Waals surface area contributed by atoms with Crippen LogP contribution in [0.5, 0.6) is 5.75 Å². The van der Waals surface area contributed by atoms with E-state index >= 15 is 0 Å². The van der Waals surface area contributed by atoms with Crippen LogP contribution in [0.4, 0.5) is 5.69 Å². The first-order valence-corrected chi connectivity index (χ1v) is 16.9. The summed E-state index contributed by atoms with van der Waals surface area (Å²) in [6.07, 6.45) is 3.63. The number of benzene rings is 3. The van der Waals surface area contributed by atoms with Gasteiger partial charge < -0.3 is 15.0 Å². The third-order valence-electron chi connectivity index (χ3n) is 6.63. The van der Waals surface area contributed by atoms with Crippen molar-refractivity contribution in [1.29, 1.82) is 0 Å². The van der Waals surface area contributed by atoms with E-state index in [1.165, 1.54) is 28.8 Å². The number of sulfonamides is 1. The minimum absolute atomic E-state index is 0.0524. The molecular weight excluding hydrogens is 594 g/mol. The van der Waals surface area contributed by atoms with Crippen molar-refractivity contribution in [2.45, 2.75) is 56.0 Å². The summed E-state index contributed by atoms with van der Waals surface area (Å²) in [4.78, 5) is 29.4. The maximum atomic E-state index is 14.0. The minimum atomic E-state index is -4.16. The third-order valence-corrected chi connectivity index (χ3v) is 9.41. The van der Waals surface area contributed by atoms with Crippen LogP contribution in [0, 0.1) is 0 Å². The molecule has 0 saturated carbocycles. The van der Waals surface area contributed by atoms with Crippen LogP contribution in [0.2, 0.25) is 5.02 Å². The molecule has 2 amide bonds. The van der Waals surface area contributed by atoms with Crippen LogP contribution in [-0.2, 0) is 26.2 Å². The Labute approximate surface area is 258 Å². The molecule has 1 N–H and O–H groups in total. The van der Waals surface area contributed by atoms with E-state index in [2.05, 4.69) is 5.32 Å². The van der Waals surface area contributed by atoms with Gasteiger partial charge in [0.05, 0.1) is 17.2 Å². The van der Waals surface area contributed by atoms with Gasteiger partial charge in [-0.2, -0.15) is 0 Å². The number of ether oxygens (including phenoxy) is 1. The highest BCUT2D eigenvalue weighted by atomic mass is 35.5. The molecular formula is C31H38ClN3O5S2. The molecule has 42 heavy (non-hydrogen) atoms. The standard InChI is InChI=1S/C31H38ClN3O5S2/c1-5-7-20-33-31(37)23(3)34(21-24-8-10-25(32)11-9-24)30(36)22-35(26-12-14-27(15-13-26)40-6-2)42(38,39)29-18-16-28(41-4)17-19-29/h8-19,23H,5-7,20-22H2,1-4H3,(H,33,37)/t23-/m0/s1. The number of nitrogens with zero attached hydrogens (tertiary/aromatic N) is 2. The monoisotopic (exact) mass is 631 g/mol. The number of hydrogen-bond donors (Lipinski definition) is 1. The molecule has 0 radical (unpaired) electrons. The Morgan fingerprint density at radius 2 is 1.62 bits per heavy atom. The molecule has 3 aromatic carbocycles. The van der Waals surface area contributed by atoms with E-state index in [1.807, 2.05) is 20.1 Å². The lowest BCUT2D eigenvalue weighted by atomic mass is 10.1. The van der Waals surface area contributed by atoms with Crippen LogP contribution in [0.25, 0.3) is 0 Å². The zero-order valence-corrected chi connectivity index (χ0v) is 26.8. The molecule has 0 aliphatic carbocycles. The maximum absolute atomic E-state index is 14.0. The average molecular weight is 632 g/mol. The van der Waals surface area contributed by atoms with E-state index in [0.717, 1.165) is 27.6 Å². The Morgan fingerprint density at radius 3 is 2.19 bits per heavy atom. The number of carbonyl (C=O) groups is 2. The summed E-state index contributed by atoms with van der Waals surface area (Å²) in [6, 6.07) is 19.2. The Morgan fingerprint density at radius 1 is 0.976 bits per heavy atom. The van der Waals surface area contributed by atoms with Gasteiger partial charge in [-0.05, 0) is 92.8 Å². The molecule has 3 aromatic rings. The fourth-order valence-corrected chi connectivity index (χ4v) is 6.13. The minimum Gasteiger partial charge on any atom is -0.494 e. The van der Waals surface area contributed by atoms with Crippen molar-refractivity contribution in [3.8, 4) is 5.75 Å². The van der Waals surface area contributed by atoms with Gasteiger partial charge in [-0.15, -0.1) is 11.8 Å². The topological polar surface area (TPSA) is 96.0 Å². The predicted octanol–water partition coefficient (Wildman–Crippen LogP) is 5.99. The first-order chi connectivity index (χ1) is 20.1. The van der Waals surface area contributed by atoms with Crippen LogP contribution >= 0.6 is 23.4 Å². The first kappa shape index (κ1) is 33.3. The fourth-order valence-electron chi connectivity index (χ4n) is 4.18. The van der Waals surface area contributed by atoms with Gasteiger partial charge in [-0.1, -0.05) is 37.1 Å². The second kappa shape index (κ2) is 15.9. The second-order valence-corrected chi connectivity index (χ2v) is 12.8. The van der Waals surface area contributed by atoms with Crippen molar-refractivity contribution < 1.29 is 22.7 Å². The highest BCUT2D eigenvalue weighted by Gasteiger charge is 2.32. The quantitative estimate of drug-likeness (QED) is 0.164. The van der Waals surface area contributed by atoms with Crippen LogP contribution in [-0.4, -0.2) is 57.1 Å². The molecule has 0 aliphatic rings. The zero-order valence-electron chi connectivity index (χ0n) is 24.4. The van der Waals surface area contributed by atoms with Gasteiger partial charge >= 0.3 is 0 Å². The summed E-state index contributed by atoms with van der Waals surface area (Å²) < 4.78 is 34.6. The summed E-state index contributed by atoms with van der Waals surface area (Å²) in [5.41, 5.74) is 1.05. The molecule has 11 heteroatoms. The number of rotatable bonds is 15. The molecule has 0 heterocycles. The summed E-state index contributed by atoms with van der Waals surface area (Å²) in [5, 5.41) is 3.43. The smallest absolute Gasteiger partial charge is 0.264 e. The largest absolute Gasteiger partial charge is 0.494 e. The van der Waals surface area contributed by atoms with Gasteiger partial charge in [0.15, 0.2) is 0 Å². The lowest BCUT2D eigenvalue weighted by Gasteiger charge is -2.32. The summed E-state index contributed by atoms with van der Waals surface area (Å²) >= 11 is 7.56. The molecule has 0 aromatic heterocycles. The summed E-state index contributed by atoms with van der Waals surface area (Å²) in [7, 11) is -4.16. The molecule has 1 atom stereocenters. The molecule has 0 aliphatic heterocycles. The van der Waals surface area contributed by atoms with Crippen molar-refractivity contribution in [1.82, 2.24) is 10.2 Å². The maximum Gasteiger partial charge on any atom is 0.264 e. The van der Waals surface area contributed by atoms with E-state index in [0.29, 0.717) is 29.6 Å². The number of hydrogen-bond acceptors (Lipinski definition) is 6. The molecule has 3 rings (SSSR count). The molecule has 0 unspecified atom stereocenters. The first-order valence-electron chi connectivity index (χ1n) is 13.8. The van der Waals surface area contributed by atoms with E-state index in [9.17, 15) is 18.0 Å². The molecule has 0 spiro atoms. The Hall–Kier alpha value is -3.21. The Kier molecular flexibility index (Phi) is 12.6. The molecule has 8 nitrogen and oxygen atoms in total. The second-order valence-electron chi connectivity index (χ2n) is 9.58. The number of nitrogens with one attached hydrogen (secondary N) is 1. The van der Waals surface area contributed by atoms with Crippen LogP contribution in [0.15, 0.2) is 82.6 Å². The van der Waals surface area contributed by atoms with E-state index < -0.39 is 28.5 Å². The molecule has 226 valence electrons. The average Bonchev–Trinajstić information content (AvgIpc) is 2.99. The van der Waals surface area contributed by atoms with Gasteiger partial charge in [0.1, 0.15) is 18.3 Å². The number of anilines is 1. The van der Waals surface area contributed by atoms with Crippen LogP contribution in [0.3, 0.4) is 0 Å². The summed E-state index contributed by atoms with van der Waals surface area (Å²) in [5.74, 6) is -0.258. The summed E-state index contributed by atoms with van der Waals surface area (Å²) in [6.45, 7) is 6.05. The predicted molar refractivity (Wildman–Crippen MR) is 170 cm³/mol. The number of halogens is 1.